The van der Waals surface area contributed by atoms with Crippen molar-refractivity contribution in [2.45, 2.75) is 45.8 Å². The van der Waals surface area contributed by atoms with E-state index in [1.807, 2.05) is 4.90 Å². The van der Waals surface area contributed by atoms with E-state index in [0.29, 0.717) is 13.1 Å². The summed E-state index contributed by atoms with van der Waals surface area (Å²) in [6.07, 6.45) is 5.24. The second-order valence-electron chi connectivity index (χ2n) is 7.16. The van der Waals surface area contributed by atoms with Crippen LogP contribution < -0.4 is 0 Å². The molecular formula is C19H29N3O2. The van der Waals surface area contributed by atoms with Gasteiger partial charge in [-0.15, -0.1) is 0 Å². The van der Waals surface area contributed by atoms with Crippen LogP contribution in [-0.2, 0) is 16.1 Å². The molecule has 0 saturated carbocycles. The van der Waals surface area contributed by atoms with Crippen LogP contribution in [0.2, 0.25) is 0 Å². The summed E-state index contributed by atoms with van der Waals surface area (Å²) in [5.74, 6) is 0.183. The SMILES string of the molecule is Cc1cc(CN(C[C@H]2CN(C)CCO2)C(=O)C2=CCCC2)c(C)[nH]1. The summed E-state index contributed by atoms with van der Waals surface area (Å²) < 4.78 is 5.90. The van der Waals surface area contributed by atoms with Crippen molar-refractivity contribution in [3.63, 3.8) is 0 Å². The van der Waals surface area contributed by atoms with E-state index >= 15 is 0 Å². The maximum absolute atomic E-state index is 13.0. The highest BCUT2D eigenvalue weighted by Crippen LogP contribution is 2.22. The number of aromatic nitrogens is 1. The molecule has 0 bridgehead atoms. The second-order valence-corrected chi connectivity index (χ2v) is 7.16. The third-order valence-electron chi connectivity index (χ3n) is 4.99. The average molecular weight is 331 g/mol. The Labute approximate surface area is 144 Å². The molecule has 0 radical (unpaired) electrons. The van der Waals surface area contributed by atoms with Crippen LogP contribution in [0.1, 0.15) is 36.2 Å². The lowest BCUT2D eigenvalue weighted by Gasteiger charge is -2.34. The van der Waals surface area contributed by atoms with Gasteiger partial charge in [-0.1, -0.05) is 6.08 Å². The van der Waals surface area contributed by atoms with Gasteiger partial charge in [-0.25, -0.2) is 0 Å². The third-order valence-corrected chi connectivity index (χ3v) is 4.99. The Morgan fingerprint density at radius 1 is 1.46 bits per heavy atom. The predicted octanol–water partition coefficient (Wildman–Crippen LogP) is 2.40. The minimum atomic E-state index is 0.0926. The fourth-order valence-electron chi connectivity index (χ4n) is 3.66. The van der Waals surface area contributed by atoms with Gasteiger partial charge in [-0.3, -0.25) is 4.79 Å². The first kappa shape index (κ1) is 17.2. The predicted molar refractivity (Wildman–Crippen MR) is 94.9 cm³/mol. The van der Waals surface area contributed by atoms with Crippen molar-refractivity contribution >= 4 is 5.91 Å². The standard InChI is InChI=1S/C19H29N3O2/c1-14-10-17(15(2)20-14)11-22(19(23)16-6-4-5-7-16)13-18-12-21(3)8-9-24-18/h6,10,18,20H,4-5,7-9,11-13H2,1-3H3/t18-/m1/s1. The van der Waals surface area contributed by atoms with Crippen LogP contribution in [0.3, 0.4) is 0 Å². The number of rotatable bonds is 5. The van der Waals surface area contributed by atoms with Crippen molar-refractivity contribution in [2.24, 2.45) is 0 Å². The summed E-state index contributed by atoms with van der Waals surface area (Å²) in [5, 5.41) is 0. The largest absolute Gasteiger partial charge is 0.374 e. The van der Waals surface area contributed by atoms with Gasteiger partial charge < -0.3 is 19.5 Å². The Bertz CT molecular complexity index is 620. The molecule has 24 heavy (non-hydrogen) atoms. The highest BCUT2D eigenvalue weighted by Gasteiger charge is 2.26. The zero-order chi connectivity index (χ0) is 17.1. The van der Waals surface area contributed by atoms with Gasteiger partial charge in [-0.2, -0.15) is 0 Å². The number of aromatic amines is 1. The fraction of sp³-hybridized carbons (Fsp3) is 0.632. The molecule has 2 aliphatic rings. The van der Waals surface area contributed by atoms with Gasteiger partial charge >= 0.3 is 0 Å². The van der Waals surface area contributed by atoms with E-state index in [-0.39, 0.29) is 12.0 Å². The molecule has 0 aromatic carbocycles. The third kappa shape index (κ3) is 4.08. The summed E-state index contributed by atoms with van der Waals surface area (Å²) in [6.45, 7) is 8.03. The van der Waals surface area contributed by atoms with E-state index in [4.69, 9.17) is 4.74 Å². The minimum absolute atomic E-state index is 0.0926. The first-order valence-electron chi connectivity index (χ1n) is 8.96. The van der Waals surface area contributed by atoms with Crippen LogP contribution in [0, 0.1) is 13.8 Å². The lowest BCUT2D eigenvalue weighted by molar-refractivity contribution is -0.131. The number of likely N-dealkylation sites (N-methyl/N-ethyl adjacent to an activating group) is 1. The molecule has 1 aliphatic carbocycles. The Balaban J connectivity index is 1.74. The molecule has 1 amide bonds. The molecule has 1 aromatic rings. The first-order valence-corrected chi connectivity index (χ1v) is 8.96. The van der Waals surface area contributed by atoms with Crippen LogP contribution in [0.25, 0.3) is 0 Å². The molecule has 132 valence electrons. The summed E-state index contributed by atoms with van der Waals surface area (Å²) >= 11 is 0. The first-order chi connectivity index (χ1) is 11.5. The number of nitrogens with zero attached hydrogens (tertiary/aromatic N) is 2. The van der Waals surface area contributed by atoms with Crippen LogP contribution >= 0.6 is 0 Å². The van der Waals surface area contributed by atoms with E-state index in [1.54, 1.807) is 0 Å². The molecule has 1 saturated heterocycles. The Morgan fingerprint density at radius 2 is 2.29 bits per heavy atom. The van der Waals surface area contributed by atoms with Gasteiger partial charge in [0.05, 0.1) is 12.7 Å². The van der Waals surface area contributed by atoms with Gasteiger partial charge in [0, 0.05) is 43.1 Å². The molecular weight excluding hydrogens is 302 g/mol. The van der Waals surface area contributed by atoms with Crippen molar-refractivity contribution < 1.29 is 9.53 Å². The quantitative estimate of drug-likeness (QED) is 0.901. The highest BCUT2D eigenvalue weighted by molar-refractivity contribution is 5.93. The Hall–Kier alpha value is -1.59. The van der Waals surface area contributed by atoms with Crippen LogP contribution in [0.5, 0.6) is 0 Å². The van der Waals surface area contributed by atoms with Crippen molar-refractivity contribution in [1.82, 2.24) is 14.8 Å². The molecule has 5 nitrogen and oxygen atoms in total. The number of ether oxygens (including phenoxy) is 1. The molecule has 1 fully saturated rings. The Morgan fingerprint density at radius 3 is 2.92 bits per heavy atom. The topological polar surface area (TPSA) is 48.6 Å². The van der Waals surface area contributed by atoms with Gasteiger partial charge in [0.25, 0.3) is 0 Å². The van der Waals surface area contributed by atoms with Crippen LogP contribution in [0.4, 0.5) is 0 Å². The number of allylic oxidation sites excluding steroid dienone is 1. The number of H-pyrrole nitrogens is 1. The molecule has 1 aromatic heterocycles. The number of hydrogen-bond donors (Lipinski definition) is 1. The zero-order valence-corrected chi connectivity index (χ0v) is 15.1. The van der Waals surface area contributed by atoms with E-state index in [2.05, 4.69) is 42.9 Å². The molecule has 0 spiro atoms. The molecule has 1 atom stereocenters. The van der Waals surface area contributed by atoms with Crippen LogP contribution in [-0.4, -0.2) is 60.1 Å². The summed E-state index contributed by atoms with van der Waals surface area (Å²) in [5.41, 5.74) is 4.46. The smallest absolute Gasteiger partial charge is 0.249 e. The van der Waals surface area contributed by atoms with Gasteiger partial charge in [0.15, 0.2) is 0 Å². The lowest BCUT2D eigenvalue weighted by Crippen LogP contribution is -2.47. The fourth-order valence-corrected chi connectivity index (χ4v) is 3.66. The number of amides is 1. The number of carbonyl (C=O) groups excluding carboxylic acids is 1. The van der Waals surface area contributed by atoms with Gasteiger partial charge in [0.2, 0.25) is 5.91 Å². The zero-order valence-electron chi connectivity index (χ0n) is 15.1. The molecule has 0 unspecified atom stereocenters. The summed E-state index contributed by atoms with van der Waals surface area (Å²) in [7, 11) is 2.11. The second kappa shape index (κ2) is 7.53. The molecule has 3 rings (SSSR count). The number of aryl methyl sites for hydroxylation is 2. The monoisotopic (exact) mass is 331 g/mol. The van der Waals surface area contributed by atoms with Crippen molar-refractivity contribution in [1.29, 1.82) is 0 Å². The van der Waals surface area contributed by atoms with Crippen molar-refractivity contribution in [2.75, 3.05) is 33.3 Å². The van der Waals surface area contributed by atoms with Crippen LogP contribution in [0.15, 0.2) is 17.7 Å². The number of nitrogens with one attached hydrogen (secondary N) is 1. The van der Waals surface area contributed by atoms with E-state index in [9.17, 15) is 4.79 Å². The van der Waals surface area contributed by atoms with E-state index < -0.39 is 0 Å². The number of hydrogen-bond acceptors (Lipinski definition) is 3. The van der Waals surface area contributed by atoms with E-state index in [1.165, 1.54) is 5.56 Å². The average Bonchev–Trinajstić information content (AvgIpc) is 3.16. The minimum Gasteiger partial charge on any atom is -0.374 e. The lowest BCUT2D eigenvalue weighted by atomic mass is 10.1. The molecule has 5 heteroatoms. The molecule has 1 aliphatic heterocycles. The van der Waals surface area contributed by atoms with Crippen molar-refractivity contribution in [3.05, 3.63) is 34.7 Å². The highest BCUT2D eigenvalue weighted by atomic mass is 16.5. The summed E-state index contributed by atoms with van der Waals surface area (Å²) in [6, 6.07) is 2.15. The van der Waals surface area contributed by atoms with Gasteiger partial charge in [-0.05, 0) is 51.8 Å². The number of carbonyl (C=O) groups is 1. The van der Waals surface area contributed by atoms with E-state index in [0.717, 1.165) is 55.9 Å². The summed E-state index contributed by atoms with van der Waals surface area (Å²) in [4.78, 5) is 20.6. The Kier molecular flexibility index (Phi) is 5.41. The van der Waals surface area contributed by atoms with Crippen molar-refractivity contribution in [3.8, 4) is 0 Å². The maximum Gasteiger partial charge on any atom is 0.249 e. The maximum atomic E-state index is 13.0. The molecule has 2 heterocycles. The van der Waals surface area contributed by atoms with Gasteiger partial charge in [0.1, 0.15) is 0 Å². The number of morpholine rings is 1. The normalized spacial score (nSPS) is 21.8. The molecule has 1 N–H and O–H groups in total.